The molecule has 3 fully saturated rings. The lowest BCUT2D eigenvalue weighted by Gasteiger charge is -2.59. The first kappa shape index (κ1) is 24.2. The van der Waals surface area contributed by atoms with Gasteiger partial charge in [0.05, 0.1) is 6.61 Å². The van der Waals surface area contributed by atoms with Crippen LogP contribution < -0.4 is 0 Å². The monoisotopic (exact) mass is 466 g/mol. The molecule has 0 heterocycles. The zero-order valence-electron chi connectivity index (χ0n) is 21.4. The fraction of sp³-hybridized carbons (Fsp3) is 0.700. The SMILES string of the molecule is CCc1ccc(COC2(O)CC[C@@]3(C)C(=CC[C@@H]4[C@@H]3CC[C@@]3(C)[C@H]4CC[C@]3(O)C(C)=O)C2)cc1. The van der Waals surface area contributed by atoms with E-state index in [1.807, 2.05) is 0 Å². The summed E-state index contributed by atoms with van der Waals surface area (Å²) >= 11 is 0. The van der Waals surface area contributed by atoms with Crippen molar-refractivity contribution >= 4 is 5.78 Å². The second kappa shape index (κ2) is 8.28. The maximum atomic E-state index is 12.4. The molecule has 0 aromatic heterocycles. The highest BCUT2D eigenvalue weighted by molar-refractivity contribution is 5.86. The van der Waals surface area contributed by atoms with Crippen LogP contribution in [0.4, 0.5) is 0 Å². The zero-order valence-corrected chi connectivity index (χ0v) is 21.4. The summed E-state index contributed by atoms with van der Waals surface area (Å²) in [6.45, 7) is 8.72. The highest BCUT2D eigenvalue weighted by Gasteiger charge is 2.65. The molecule has 0 saturated heterocycles. The molecule has 1 unspecified atom stereocenters. The molecule has 1 aromatic carbocycles. The van der Waals surface area contributed by atoms with Crippen LogP contribution in [0, 0.1) is 28.6 Å². The van der Waals surface area contributed by atoms with E-state index in [1.165, 1.54) is 11.1 Å². The largest absolute Gasteiger partial charge is 0.382 e. The van der Waals surface area contributed by atoms with Crippen LogP contribution >= 0.6 is 0 Å². The van der Waals surface area contributed by atoms with Crippen molar-refractivity contribution in [2.45, 2.75) is 103 Å². The van der Waals surface area contributed by atoms with E-state index in [4.69, 9.17) is 4.74 Å². The Morgan fingerprint density at radius 2 is 1.68 bits per heavy atom. The number of hydrogen-bond donors (Lipinski definition) is 2. The van der Waals surface area contributed by atoms with Gasteiger partial charge in [-0.25, -0.2) is 0 Å². The van der Waals surface area contributed by atoms with Crippen LogP contribution in [-0.4, -0.2) is 27.4 Å². The molecule has 0 amide bonds. The van der Waals surface area contributed by atoms with E-state index >= 15 is 0 Å². The molecule has 0 radical (unpaired) electrons. The number of carbonyl (C=O) groups is 1. The van der Waals surface area contributed by atoms with Gasteiger partial charge in [0.15, 0.2) is 11.6 Å². The number of rotatable bonds is 5. The number of ketones is 1. The minimum Gasteiger partial charge on any atom is -0.382 e. The summed E-state index contributed by atoms with van der Waals surface area (Å²) < 4.78 is 6.14. The Balaban J connectivity index is 1.32. The van der Waals surface area contributed by atoms with E-state index in [0.717, 1.165) is 44.1 Å². The Bertz CT molecular complexity index is 982. The molecule has 0 spiro atoms. The average molecular weight is 467 g/mol. The van der Waals surface area contributed by atoms with Crippen molar-refractivity contribution in [3.05, 3.63) is 47.0 Å². The van der Waals surface area contributed by atoms with Gasteiger partial charge in [0.25, 0.3) is 0 Å². The number of aryl methyl sites for hydroxylation is 1. The maximum absolute atomic E-state index is 12.4. The van der Waals surface area contributed by atoms with Gasteiger partial charge >= 0.3 is 0 Å². The molecule has 5 rings (SSSR count). The van der Waals surface area contributed by atoms with Gasteiger partial charge in [0, 0.05) is 18.3 Å². The highest BCUT2D eigenvalue weighted by Crippen LogP contribution is 2.67. The summed E-state index contributed by atoms with van der Waals surface area (Å²) in [4.78, 5) is 12.4. The maximum Gasteiger partial charge on any atom is 0.169 e. The van der Waals surface area contributed by atoms with Gasteiger partial charge in [0.2, 0.25) is 0 Å². The third-order valence-corrected chi connectivity index (χ3v) is 10.8. The van der Waals surface area contributed by atoms with Gasteiger partial charge < -0.3 is 14.9 Å². The number of fused-ring (bicyclic) bond motifs is 5. The lowest BCUT2D eigenvalue weighted by molar-refractivity contribution is -0.232. The first-order chi connectivity index (χ1) is 16.0. The third-order valence-electron chi connectivity index (χ3n) is 10.8. The van der Waals surface area contributed by atoms with E-state index in [1.54, 1.807) is 6.92 Å². The summed E-state index contributed by atoms with van der Waals surface area (Å²) in [5.41, 5.74) is 2.36. The zero-order chi connectivity index (χ0) is 24.4. The van der Waals surface area contributed by atoms with Gasteiger partial charge in [-0.2, -0.15) is 0 Å². The molecule has 4 aliphatic rings. The van der Waals surface area contributed by atoms with Gasteiger partial charge in [-0.3, -0.25) is 4.79 Å². The summed E-state index contributed by atoms with van der Waals surface area (Å²) in [6, 6.07) is 8.47. The predicted molar refractivity (Wildman–Crippen MR) is 133 cm³/mol. The van der Waals surface area contributed by atoms with Crippen molar-refractivity contribution in [2.75, 3.05) is 0 Å². The quantitative estimate of drug-likeness (QED) is 0.429. The number of Topliss-reactive ketones (excluding diaryl/α,β-unsaturated/α-hetero) is 1. The number of ether oxygens (including phenoxy) is 1. The fourth-order valence-corrected chi connectivity index (χ4v) is 8.42. The van der Waals surface area contributed by atoms with Crippen LogP contribution in [0.3, 0.4) is 0 Å². The Morgan fingerprint density at radius 3 is 2.35 bits per heavy atom. The molecule has 4 nitrogen and oxygen atoms in total. The predicted octanol–water partition coefficient (Wildman–Crippen LogP) is 5.74. The Morgan fingerprint density at radius 1 is 1.00 bits per heavy atom. The first-order valence-electron chi connectivity index (χ1n) is 13.4. The molecule has 2 N–H and O–H groups in total. The molecular weight excluding hydrogens is 424 g/mol. The normalized spacial score (nSPS) is 43.5. The summed E-state index contributed by atoms with van der Waals surface area (Å²) in [7, 11) is 0. The van der Waals surface area contributed by atoms with E-state index in [0.29, 0.717) is 43.6 Å². The van der Waals surface area contributed by atoms with Crippen molar-refractivity contribution in [3.63, 3.8) is 0 Å². The van der Waals surface area contributed by atoms with E-state index < -0.39 is 11.4 Å². The van der Waals surface area contributed by atoms with E-state index in [9.17, 15) is 15.0 Å². The second-order valence-electron chi connectivity index (χ2n) is 12.3. The van der Waals surface area contributed by atoms with Crippen molar-refractivity contribution in [2.24, 2.45) is 28.6 Å². The summed E-state index contributed by atoms with van der Waals surface area (Å²) in [5.74, 6) is 0.278. The van der Waals surface area contributed by atoms with Crippen molar-refractivity contribution in [1.29, 1.82) is 0 Å². The van der Waals surface area contributed by atoms with Crippen LogP contribution in [-0.2, 0) is 22.6 Å². The molecule has 4 heteroatoms. The van der Waals surface area contributed by atoms with Crippen molar-refractivity contribution < 1.29 is 19.7 Å². The smallest absolute Gasteiger partial charge is 0.169 e. The standard InChI is InChI=1S/C30H42O4/c1-5-21-6-8-22(9-7-21)19-34-29(32)17-16-27(3)23(18-29)10-11-24-25(27)12-14-28(4)26(24)13-15-30(28,33)20(2)31/h6-10,24-26,32-33H,5,11-19H2,1-4H3/t24-,25+,26+,27+,28+,29?,30+/m1/s1. The molecule has 4 aliphatic carbocycles. The molecule has 0 bridgehead atoms. The Hall–Kier alpha value is -1.49. The van der Waals surface area contributed by atoms with Crippen LogP contribution in [0.5, 0.6) is 0 Å². The van der Waals surface area contributed by atoms with Gasteiger partial charge in [-0.1, -0.05) is 56.7 Å². The second-order valence-corrected chi connectivity index (χ2v) is 12.3. The molecule has 3 saturated carbocycles. The molecule has 7 atom stereocenters. The lowest BCUT2D eigenvalue weighted by Crippen LogP contribution is -2.57. The first-order valence-corrected chi connectivity index (χ1v) is 13.4. The van der Waals surface area contributed by atoms with Crippen LogP contribution in [0.15, 0.2) is 35.9 Å². The minimum absolute atomic E-state index is 0.0570. The summed E-state index contributed by atoms with van der Waals surface area (Å²) in [6.07, 6.45) is 10.0. The molecule has 186 valence electrons. The number of hydrogen-bond acceptors (Lipinski definition) is 4. The van der Waals surface area contributed by atoms with E-state index in [2.05, 4.69) is 51.1 Å². The number of allylic oxidation sites excluding steroid dienone is 1. The molecule has 0 aliphatic heterocycles. The third kappa shape index (κ3) is 3.55. The van der Waals surface area contributed by atoms with Crippen molar-refractivity contribution in [1.82, 2.24) is 0 Å². The Kier molecular flexibility index (Phi) is 5.90. The average Bonchev–Trinajstić information content (AvgIpc) is 3.11. The van der Waals surface area contributed by atoms with Crippen molar-refractivity contribution in [3.8, 4) is 0 Å². The minimum atomic E-state index is -1.16. The highest BCUT2D eigenvalue weighted by atomic mass is 16.6. The number of carbonyl (C=O) groups excluding carboxylic acids is 1. The molecule has 1 aromatic rings. The number of benzene rings is 1. The van der Waals surface area contributed by atoms with Crippen LogP contribution in [0.2, 0.25) is 0 Å². The van der Waals surface area contributed by atoms with Gasteiger partial charge in [0.1, 0.15) is 5.60 Å². The van der Waals surface area contributed by atoms with Crippen LogP contribution in [0.25, 0.3) is 0 Å². The topological polar surface area (TPSA) is 66.8 Å². The molecule has 34 heavy (non-hydrogen) atoms. The Labute approximate surface area is 204 Å². The van der Waals surface area contributed by atoms with Gasteiger partial charge in [-0.15, -0.1) is 0 Å². The van der Waals surface area contributed by atoms with Gasteiger partial charge in [-0.05, 0) is 86.2 Å². The van der Waals surface area contributed by atoms with Crippen LogP contribution in [0.1, 0.15) is 90.2 Å². The number of aliphatic hydroxyl groups is 2. The lowest BCUT2D eigenvalue weighted by atomic mass is 9.46. The fourth-order valence-electron chi connectivity index (χ4n) is 8.42. The van der Waals surface area contributed by atoms with E-state index in [-0.39, 0.29) is 16.6 Å². The summed E-state index contributed by atoms with van der Waals surface area (Å²) in [5, 5.41) is 22.7. The molecular formula is C30H42O4.